The molecule has 4 aromatic rings. The fourth-order valence-corrected chi connectivity index (χ4v) is 3.33. The van der Waals surface area contributed by atoms with Crippen molar-refractivity contribution in [2.75, 3.05) is 0 Å². The van der Waals surface area contributed by atoms with E-state index in [-0.39, 0.29) is 5.69 Å². The molecule has 0 saturated heterocycles. The molecule has 130 valence electrons. The van der Waals surface area contributed by atoms with Crippen LogP contribution in [0.25, 0.3) is 33.5 Å². The molecule has 0 atom stereocenters. The first kappa shape index (κ1) is 16.4. The predicted octanol–water partition coefficient (Wildman–Crippen LogP) is 4.53. The number of benzene rings is 1. The Bertz CT molecular complexity index is 1130. The number of rotatable bonds is 4. The van der Waals surface area contributed by atoms with Gasteiger partial charge in [-0.15, -0.1) is 0 Å². The first-order chi connectivity index (χ1) is 12.6. The van der Waals surface area contributed by atoms with Crippen LogP contribution in [-0.2, 0) is 6.42 Å². The summed E-state index contributed by atoms with van der Waals surface area (Å²) in [4.78, 5) is 26.4. The quantitative estimate of drug-likeness (QED) is 0.494. The molecule has 4 rings (SSSR count). The Morgan fingerprint density at radius 3 is 2.81 bits per heavy atom. The van der Waals surface area contributed by atoms with Gasteiger partial charge >= 0.3 is 5.97 Å². The van der Waals surface area contributed by atoms with E-state index < -0.39 is 5.97 Å². The number of halogens is 1. The summed E-state index contributed by atoms with van der Waals surface area (Å²) >= 11 is 6.16. The van der Waals surface area contributed by atoms with Crippen LogP contribution < -0.4 is 0 Å². The second kappa shape index (κ2) is 6.31. The van der Waals surface area contributed by atoms with Crippen molar-refractivity contribution in [3.8, 4) is 22.5 Å². The van der Waals surface area contributed by atoms with E-state index in [0.717, 1.165) is 22.9 Å². The minimum absolute atomic E-state index is 0.110. The van der Waals surface area contributed by atoms with Crippen molar-refractivity contribution < 1.29 is 9.90 Å². The Labute approximate surface area is 153 Å². The van der Waals surface area contributed by atoms with Gasteiger partial charge in [-0.1, -0.05) is 24.6 Å². The number of nitrogens with zero attached hydrogens (tertiary/aromatic N) is 2. The number of carbonyl (C=O) groups is 1. The number of aromatic carboxylic acids is 1. The SMILES string of the molecule is CCc1ccc(Cl)cc1-c1cc(-c2ncnc3[nH]ccc23)[nH]c1C(=O)O. The summed E-state index contributed by atoms with van der Waals surface area (Å²) in [5.41, 5.74) is 4.49. The number of H-pyrrole nitrogens is 2. The third-order valence-corrected chi connectivity index (χ3v) is 4.62. The van der Waals surface area contributed by atoms with Crippen LogP contribution in [0.15, 0.2) is 42.9 Å². The molecule has 1 aromatic carbocycles. The average molecular weight is 367 g/mol. The molecule has 0 bridgehead atoms. The number of carboxylic acids is 1. The molecule has 0 amide bonds. The second-order valence-electron chi connectivity index (χ2n) is 5.89. The van der Waals surface area contributed by atoms with Crippen molar-refractivity contribution in [2.24, 2.45) is 0 Å². The maximum Gasteiger partial charge on any atom is 0.352 e. The van der Waals surface area contributed by atoms with Crippen LogP contribution in [0.5, 0.6) is 0 Å². The van der Waals surface area contributed by atoms with Crippen LogP contribution in [-0.4, -0.2) is 31.0 Å². The summed E-state index contributed by atoms with van der Waals surface area (Å²) in [5.74, 6) is -1.03. The van der Waals surface area contributed by atoms with Gasteiger partial charge in [0.25, 0.3) is 0 Å². The van der Waals surface area contributed by atoms with Crippen molar-refractivity contribution in [1.29, 1.82) is 0 Å². The van der Waals surface area contributed by atoms with Gasteiger partial charge in [0.15, 0.2) is 0 Å². The first-order valence-corrected chi connectivity index (χ1v) is 8.50. The molecule has 0 fully saturated rings. The van der Waals surface area contributed by atoms with Gasteiger partial charge in [0.1, 0.15) is 17.7 Å². The summed E-state index contributed by atoms with van der Waals surface area (Å²) < 4.78 is 0. The molecular weight excluding hydrogens is 352 g/mol. The fourth-order valence-electron chi connectivity index (χ4n) is 3.16. The van der Waals surface area contributed by atoms with Crippen LogP contribution >= 0.6 is 11.6 Å². The Hall–Kier alpha value is -3.12. The van der Waals surface area contributed by atoms with E-state index in [9.17, 15) is 9.90 Å². The number of nitrogens with one attached hydrogen (secondary N) is 2. The van der Waals surface area contributed by atoms with Crippen LogP contribution in [0.2, 0.25) is 5.02 Å². The monoisotopic (exact) mass is 366 g/mol. The second-order valence-corrected chi connectivity index (χ2v) is 6.33. The Balaban J connectivity index is 1.97. The van der Waals surface area contributed by atoms with E-state index in [1.807, 2.05) is 31.2 Å². The van der Waals surface area contributed by atoms with Crippen molar-refractivity contribution in [1.82, 2.24) is 19.9 Å². The summed E-state index contributed by atoms with van der Waals surface area (Å²) in [7, 11) is 0. The van der Waals surface area contributed by atoms with Crippen molar-refractivity contribution >= 4 is 28.6 Å². The zero-order valence-corrected chi connectivity index (χ0v) is 14.6. The number of aromatic amines is 2. The summed E-state index contributed by atoms with van der Waals surface area (Å²) in [6.07, 6.45) is 3.99. The molecule has 0 saturated carbocycles. The minimum Gasteiger partial charge on any atom is -0.477 e. The third-order valence-electron chi connectivity index (χ3n) is 4.38. The predicted molar refractivity (Wildman–Crippen MR) is 100 cm³/mol. The zero-order valence-electron chi connectivity index (χ0n) is 13.9. The standard InChI is InChI=1S/C19H15ClN4O2/c1-2-10-3-4-11(20)7-13(10)14-8-15(24-17(14)19(25)26)16-12-5-6-21-18(12)23-9-22-16/h3-9,24H,2H2,1H3,(H,25,26)(H,21,22,23). The number of carboxylic acid groups (broad SMARTS) is 1. The lowest BCUT2D eigenvalue weighted by Crippen LogP contribution is -2.00. The number of fused-ring (bicyclic) bond motifs is 1. The van der Waals surface area contributed by atoms with E-state index >= 15 is 0 Å². The average Bonchev–Trinajstić information content (AvgIpc) is 3.28. The number of hydrogen-bond donors (Lipinski definition) is 3. The maximum atomic E-state index is 11.8. The van der Waals surface area contributed by atoms with E-state index in [4.69, 9.17) is 11.6 Å². The van der Waals surface area contributed by atoms with Gasteiger partial charge in [-0.05, 0) is 41.8 Å². The van der Waals surface area contributed by atoms with Gasteiger partial charge in [-0.25, -0.2) is 14.8 Å². The summed E-state index contributed by atoms with van der Waals surface area (Å²) in [5, 5.41) is 11.1. The van der Waals surface area contributed by atoms with Gasteiger partial charge in [0.2, 0.25) is 0 Å². The van der Waals surface area contributed by atoms with Crippen LogP contribution in [0.1, 0.15) is 23.0 Å². The van der Waals surface area contributed by atoms with Crippen molar-refractivity contribution in [3.63, 3.8) is 0 Å². The van der Waals surface area contributed by atoms with E-state index in [0.29, 0.717) is 27.6 Å². The van der Waals surface area contributed by atoms with E-state index in [2.05, 4.69) is 19.9 Å². The lowest BCUT2D eigenvalue weighted by molar-refractivity contribution is 0.0692. The van der Waals surface area contributed by atoms with E-state index in [1.165, 1.54) is 6.33 Å². The lowest BCUT2D eigenvalue weighted by Gasteiger charge is -2.08. The van der Waals surface area contributed by atoms with Gasteiger partial charge in [0.05, 0.1) is 11.4 Å². The van der Waals surface area contributed by atoms with Gasteiger partial charge in [-0.3, -0.25) is 0 Å². The lowest BCUT2D eigenvalue weighted by atomic mass is 9.97. The van der Waals surface area contributed by atoms with Gasteiger partial charge < -0.3 is 15.1 Å². The van der Waals surface area contributed by atoms with Crippen LogP contribution in [0.4, 0.5) is 0 Å². The normalized spacial score (nSPS) is 11.2. The summed E-state index contributed by atoms with van der Waals surface area (Å²) in [6, 6.07) is 9.20. The fraction of sp³-hybridized carbons (Fsp3) is 0.105. The molecule has 0 aliphatic carbocycles. The maximum absolute atomic E-state index is 11.8. The molecule has 0 spiro atoms. The highest BCUT2D eigenvalue weighted by Crippen LogP contribution is 2.35. The highest BCUT2D eigenvalue weighted by molar-refractivity contribution is 6.31. The Morgan fingerprint density at radius 2 is 2.04 bits per heavy atom. The Kier molecular flexibility index (Phi) is 3.97. The first-order valence-electron chi connectivity index (χ1n) is 8.12. The number of hydrogen-bond acceptors (Lipinski definition) is 3. The molecule has 3 N–H and O–H groups in total. The highest BCUT2D eigenvalue weighted by Gasteiger charge is 2.20. The molecular formula is C19H15ClN4O2. The molecule has 3 heterocycles. The molecule has 0 radical (unpaired) electrons. The van der Waals surface area contributed by atoms with Crippen LogP contribution in [0, 0.1) is 0 Å². The molecule has 7 heteroatoms. The highest BCUT2D eigenvalue weighted by atomic mass is 35.5. The Morgan fingerprint density at radius 1 is 1.19 bits per heavy atom. The van der Waals surface area contributed by atoms with Crippen LogP contribution in [0.3, 0.4) is 0 Å². The molecule has 26 heavy (non-hydrogen) atoms. The smallest absolute Gasteiger partial charge is 0.352 e. The molecule has 0 aliphatic rings. The molecule has 0 aliphatic heterocycles. The van der Waals surface area contributed by atoms with Gasteiger partial charge in [0, 0.05) is 22.2 Å². The molecule has 3 aromatic heterocycles. The molecule has 0 unspecified atom stereocenters. The number of aryl methyl sites for hydroxylation is 1. The molecule has 6 nitrogen and oxygen atoms in total. The third kappa shape index (κ3) is 2.64. The van der Waals surface area contributed by atoms with E-state index in [1.54, 1.807) is 12.3 Å². The van der Waals surface area contributed by atoms with Gasteiger partial charge in [-0.2, -0.15) is 0 Å². The van der Waals surface area contributed by atoms with Crippen molar-refractivity contribution in [3.05, 3.63) is 59.1 Å². The largest absolute Gasteiger partial charge is 0.477 e. The zero-order chi connectivity index (χ0) is 18.3. The summed E-state index contributed by atoms with van der Waals surface area (Å²) in [6.45, 7) is 2.02. The number of aromatic nitrogens is 4. The minimum atomic E-state index is -1.03. The topological polar surface area (TPSA) is 94.7 Å². The van der Waals surface area contributed by atoms with Crippen molar-refractivity contribution in [2.45, 2.75) is 13.3 Å².